The number of H-pyrrole nitrogens is 1. The number of imidazole rings is 1. The highest BCUT2D eigenvalue weighted by atomic mass is 16.2. The zero-order valence-corrected chi connectivity index (χ0v) is 10.9. The molecule has 0 saturated heterocycles. The van der Waals surface area contributed by atoms with Gasteiger partial charge in [-0.2, -0.15) is 0 Å². The summed E-state index contributed by atoms with van der Waals surface area (Å²) in [6, 6.07) is 0. The Morgan fingerprint density at radius 3 is 2.28 bits per heavy atom. The molecule has 0 spiro atoms. The third-order valence-corrected chi connectivity index (χ3v) is 2.93. The molecule has 0 radical (unpaired) electrons. The van der Waals surface area contributed by atoms with Crippen molar-refractivity contribution in [2.24, 2.45) is 20.0 Å². The first-order valence-corrected chi connectivity index (χ1v) is 5.73. The van der Waals surface area contributed by atoms with Gasteiger partial charge in [-0.3, -0.25) is 23.5 Å². The molecule has 98 valence electrons. The average molecular weight is 252 g/mol. The van der Waals surface area contributed by atoms with Gasteiger partial charge in [0.25, 0.3) is 5.56 Å². The molecule has 2 heterocycles. The number of nitrogens with one attached hydrogen (secondary N) is 1. The van der Waals surface area contributed by atoms with Crippen molar-refractivity contribution in [1.82, 2.24) is 18.7 Å². The van der Waals surface area contributed by atoms with Gasteiger partial charge in [0.15, 0.2) is 5.52 Å². The van der Waals surface area contributed by atoms with Crippen LogP contribution in [0.5, 0.6) is 0 Å². The Morgan fingerprint density at radius 2 is 1.72 bits per heavy atom. The van der Waals surface area contributed by atoms with Gasteiger partial charge in [-0.05, 0) is 5.92 Å². The maximum atomic E-state index is 12.1. The van der Waals surface area contributed by atoms with Gasteiger partial charge in [-0.1, -0.05) is 13.8 Å². The monoisotopic (exact) mass is 252 g/mol. The molecule has 2 aromatic rings. The van der Waals surface area contributed by atoms with Gasteiger partial charge in [-0.25, -0.2) is 9.59 Å². The normalized spacial score (nSPS) is 11.6. The quantitative estimate of drug-likeness (QED) is 0.773. The second-order valence-electron chi connectivity index (χ2n) is 4.84. The minimum Gasteiger partial charge on any atom is -0.291 e. The molecule has 0 aliphatic carbocycles. The summed E-state index contributed by atoms with van der Waals surface area (Å²) in [5, 5.41) is 0. The SMILES string of the molecule is CC(C)Cn1c(=O)[nH]c2c1c(=O)n(C)c(=O)n2C. The number of aryl methyl sites for hydroxylation is 1. The second-order valence-corrected chi connectivity index (χ2v) is 4.84. The van der Waals surface area contributed by atoms with Crippen LogP contribution < -0.4 is 16.9 Å². The highest BCUT2D eigenvalue weighted by Gasteiger charge is 2.16. The highest BCUT2D eigenvalue weighted by Crippen LogP contribution is 2.04. The van der Waals surface area contributed by atoms with Gasteiger partial charge in [0.05, 0.1) is 0 Å². The molecule has 1 N–H and O–H groups in total. The molecular formula is C11H16N4O3. The number of hydrogen-bond acceptors (Lipinski definition) is 3. The Hall–Kier alpha value is -2.05. The Labute approximate surface area is 102 Å². The van der Waals surface area contributed by atoms with Crippen molar-refractivity contribution in [1.29, 1.82) is 0 Å². The Bertz CT molecular complexity index is 772. The number of aromatic amines is 1. The molecule has 0 aliphatic rings. The van der Waals surface area contributed by atoms with E-state index in [1.165, 1.54) is 23.2 Å². The van der Waals surface area contributed by atoms with E-state index in [1.54, 1.807) is 0 Å². The van der Waals surface area contributed by atoms with E-state index < -0.39 is 11.2 Å². The number of hydrogen-bond donors (Lipinski definition) is 1. The van der Waals surface area contributed by atoms with E-state index in [4.69, 9.17) is 0 Å². The molecular weight excluding hydrogens is 236 g/mol. The lowest BCUT2D eigenvalue weighted by molar-refractivity contribution is 0.520. The zero-order valence-electron chi connectivity index (χ0n) is 10.9. The van der Waals surface area contributed by atoms with Crippen molar-refractivity contribution < 1.29 is 0 Å². The number of nitrogens with zero attached hydrogens (tertiary/aromatic N) is 3. The van der Waals surface area contributed by atoms with Gasteiger partial charge in [0.2, 0.25) is 0 Å². The molecule has 0 fully saturated rings. The third-order valence-electron chi connectivity index (χ3n) is 2.93. The Morgan fingerprint density at radius 1 is 1.11 bits per heavy atom. The number of fused-ring (bicyclic) bond motifs is 1. The molecule has 2 rings (SSSR count). The van der Waals surface area contributed by atoms with E-state index in [-0.39, 0.29) is 22.8 Å². The summed E-state index contributed by atoms with van der Waals surface area (Å²) in [5.74, 6) is 0.226. The third kappa shape index (κ3) is 1.62. The summed E-state index contributed by atoms with van der Waals surface area (Å²) in [5.41, 5.74) is -0.749. The van der Waals surface area contributed by atoms with E-state index in [1.807, 2.05) is 13.8 Å². The fraction of sp³-hybridized carbons (Fsp3) is 0.545. The van der Waals surface area contributed by atoms with E-state index in [0.717, 1.165) is 4.57 Å². The fourth-order valence-corrected chi connectivity index (χ4v) is 2.02. The smallest absolute Gasteiger partial charge is 0.291 e. The molecule has 0 aliphatic heterocycles. The summed E-state index contributed by atoms with van der Waals surface area (Å²) in [4.78, 5) is 38.2. The first-order chi connectivity index (χ1) is 8.34. The predicted molar refractivity (Wildman–Crippen MR) is 67.9 cm³/mol. The lowest BCUT2D eigenvalue weighted by Gasteiger charge is -2.07. The standard InChI is InChI=1S/C11H16N4O3/c1-6(2)5-15-7-8(12-10(15)17)13(3)11(18)14(4)9(7)16/h6H,5H2,1-4H3,(H,12,17). The summed E-state index contributed by atoms with van der Waals surface area (Å²) >= 11 is 0. The summed E-state index contributed by atoms with van der Waals surface area (Å²) in [7, 11) is 2.93. The molecule has 0 bridgehead atoms. The summed E-state index contributed by atoms with van der Waals surface area (Å²) in [6.07, 6.45) is 0. The van der Waals surface area contributed by atoms with E-state index in [9.17, 15) is 14.4 Å². The highest BCUT2D eigenvalue weighted by molar-refractivity contribution is 5.69. The number of aromatic nitrogens is 4. The minimum absolute atomic E-state index is 0.226. The lowest BCUT2D eigenvalue weighted by atomic mass is 10.2. The Kier molecular flexibility index (Phi) is 2.76. The van der Waals surface area contributed by atoms with Crippen LogP contribution in [0.1, 0.15) is 13.8 Å². The van der Waals surface area contributed by atoms with Crippen LogP contribution in [0.25, 0.3) is 11.2 Å². The van der Waals surface area contributed by atoms with Gasteiger partial charge in [0.1, 0.15) is 5.65 Å². The average Bonchev–Trinajstić information content (AvgIpc) is 2.61. The van der Waals surface area contributed by atoms with Crippen LogP contribution >= 0.6 is 0 Å². The second kappa shape index (κ2) is 4.01. The molecule has 7 heteroatoms. The first-order valence-electron chi connectivity index (χ1n) is 5.73. The van der Waals surface area contributed by atoms with Crippen molar-refractivity contribution in [3.05, 3.63) is 31.3 Å². The molecule has 18 heavy (non-hydrogen) atoms. The van der Waals surface area contributed by atoms with Crippen LogP contribution in [0, 0.1) is 5.92 Å². The van der Waals surface area contributed by atoms with Crippen molar-refractivity contribution in [3.8, 4) is 0 Å². The minimum atomic E-state index is -0.453. The van der Waals surface area contributed by atoms with Crippen molar-refractivity contribution in [3.63, 3.8) is 0 Å². The summed E-state index contributed by atoms with van der Waals surface area (Å²) < 4.78 is 3.67. The first kappa shape index (κ1) is 12.4. The largest absolute Gasteiger partial charge is 0.332 e. The molecule has 2 aromatic heterocycles. The van der Waals surface area contributed by atoms with Crippen LogP contribution in [0.2, 0.25) is 0 Å². The topological polar surface area (TPSA) is 81.8 Å². The molecule has 0 aromatic carbocycles. The van der Waals surface area contributed by atoms with Crippen molar-refractivity contribution >= 4 is 11.2 Å². The van der Waals surface area contributed by atoms with Gasteiger partial charge in [-0.15, -0.1) is 0 Å². The molecule has 0 saturated carbocycles. The zero-order chi connectivity index (χ0) is 13.6. The van der Waals surface area contributed by atoms with E-state index in [2.05, 4.69) is 4.98 Å². The van der Waals surface area contributed by atoms with Gasteiger partial charge in [0, 0.05) is 20.6 Å². The van der Waals surface area contributed by atoms with Crippen LogP contribution in [-0.2, 0) is 20.6 Å². The Balaban J connectivity index is 3.00. The van der Waals surface area contributed by atoms with Gasteiger partial charge >= 0.3 is 11.4 Å². The maximum Gasteiger partial charge on any atom is 0.332 e. The van der Waals surface area contributed by atoms with Crippen molar-refractivity contribution in [2.75, 3.05) is 0 Å². The van der Waals surface area contributed by atoms with Crippen LogP contribution in [0.15, 0.2) is 14.4 Å². The lowest BCUT2D eigenvalue weighted by Crippen LogP contribution is -2.37. The van der Waals surface area contributed by atoms with E-state index in [0.29, 0.717) is 6.54 Å². The molecule has 0 unspecified atom stereocenters. The maximum absolute atomic E-state index is 12.1. The molecule has 7 nitrogen and oxygen atoms in total. The van der Waals surface area contributed by atoms with Crippen LogP contribution in [0.3, 0.4) is 0 Å². The predicted octanol–water partition coefficient (Wildman–Crippen LogP) is -0.617. The molecule has 0 amide bonds. The fourth-order valence-electron chi connectivity index (χ4n) is 2.02. The molecule has 0 atom stereocenters. The van der Waals surface area contributed by atoms with Crippen LogP contribution in [-0.4, -0.2) is 18.7 Å². The number of rotatable bonds is 2. The van der Waals surface area contributed by atoms with Crippen LogP contribution in [0.4, 0.5) is 0 Å². The van der Waals surface area contributed by atoms with E-state index >= 15 is 0 Å². The summed E-state index contributed by atoms with van der Waals surface area (Å²) in [6.45, 7) is 4.35. The van der Waals surface area contributed by atoms with Crippen molar-refractivity contribution in [2.45, 2.75) is 20.4 Å². The van der Waals surface area contributed by atoms with Gasteiger partial charge < -0.3 is 0 Å².